The molecular formula is C16H16FN3. The number of pyridine rings is 1. The topological polar surface area (TPSA) is 31.9 Å². The van der Waals surface area contributed by atoms with E-state index in [-0.39, 0.29) is 11.9 Å². The van der Waals surface area contributed by atoms with Gasteiger partial charge in [0.05, 0.1) is 6.04 Å². The van der Waals surface area contributed by atoms with Crippen molar-refractivity contribution in [3.8, 4) is 0 Å². The fourth-order valence-electron chi connectivity index (χ4n) is 2.63. The van der Waals surface area contributed by atoms with Gasteiger partial charge in [-0.05, 0) is 49.5 Å². The van der Waals surface area contributed by atoms with Gasteiger partial charge in [0.15, 0.2) is 0 Å². The molecule has 1 aromatic carbocycles. The molecule has 0 aliphatic heterocycles. The molecule has 2 aromatic heterocycles. The minimum atomic E-state index is -0.220. The first-order chi connectivity index (χ1) is 9.66. The third-order valence-electron chi connectivity index (χ3n) is 3.49. The van der Waals surface area contributed by atoms with Crippen LogP contribution >= 0.6 is 0 Å². The highest BCUT2D eigenvalue weighted by Crippen LogP contribution is 2.32. The number of benzene rings is 1. The van der Waals surface area contributed by atoms with Crippen LogP contribution in [0.25, 0.3) is 10.9 Å². The van der Waals surface area contributed by atoms with E-state index in [4.69, 9.17) is 0 Å². The molecule has 102 valence electrons. The van der Waals surface area contributed by atoms with E-state index in [1.165, 1.54) is 6.07 Å². The molecule has 0 spiro atoms. The first-order valence-electron chi connectivity index (χ1n) is 6.49. The Morgan fingerprint density at radius 2 is 2.10 bits per heavy atom. The standard InChI is InChI=1S/C16H16FN3/c1-20(2)16(11-4-3-7-18-9-11)14-10-19-15-6-5-12(17)8-13(14)15/h3-10,16,19H,1-2H3. The predicted octanol–water partition coefficient (Wildman–Crippen LogP) is 3.35. The molecule has 0 radical (unpaired) electrons. The molecule has 0 fully saturated rings. The van der Waals surface area contributed by atoms with Gasteiger partial charge in [-0.1, -0.05) is 6.07 Å². The van der Waals surface area contributed by atoms with Gasteiger partial charge in [-0.15, -0.1) is 0 Å². The van der Waals surface area contributed by atoms with Crippen LogP contribution in [-0.4, -0.2) is 29.0 Å². The second kappa shape index (κ2) is 5.06. The van der Waals surface area contributed by atoms with Crippen molar-refractivity contribution in [2.45, 2.75) is 6.04 Å². The lowest BCUT2D eigenvalue weighted by Gasteiger charge is -2.24. The number of nitrogens with zero attached hydrogens (tertiary/aromatic N) is 2. The summed E-state index contributed by atoms with van der Waals surface area (Å²) in [5, 5.41) is 0.910. The van der Waals surface area contributed by atoms with Crippen molar-refractivity contribution < 1.29 is 4.39 Å². The van der Waals surface area contributed by atoms with Crippen LogP contribution in [-0.2, 0) is 0 Å². The Kier molecular flexibility index (Phi) is 3.24. The zero-order valence-corrected chi connectivity index (χ0v) is 11.5. The molecule has 3 nitrogen and oxygen atoms in total. The van der Waals surface area contributed by atoms with E-state index in [2.05, 4.69) is 14.9 Å². The van der Waals surface area contributed by atoms with Gasteiger partial charge in [0, 0.05) is 29.5 Å². The second-order valence-corrected chi connectivity index (χ2v) is 5.09. The summed E-state index contributed by atoms with van der Waals surface area (Å²) in [6, 6.07) is 8.81. The minimum absolute atomic E-state index is 0.0410. The molecule has 1 atom stereocenters. The summed E-state index contributed by atoms with van der Waals surface area (Å²) < 4.78 is 13.5. The van der Waals surface area contributed by atoms with Crippen LogP contribution in [0.1, 0.15) is 17.2 Å². The van der Waals surface area contributed by atoms with Crippen LogP contribution in [0, 0.1) is 5.82 Å². The van der Waals surface area contributed by atoms with Crippen molar-refractivity contribution >= 4 is 10.9 Å². The second-order valence-electron chi connectivity index (χ2n) is 5.09. The highest BCUT2D eigenvalue weighted by Gasteiger charge is 2.20. The van der Waals surface area contributed by atoms with Crippen molar-refractivity contribution in [1.29, 1.82) is 0 Å². The highest BCUT2D eigenvalue weighted by molar-refractivity contribution is 5.84. The monoisotopic (exact) mass is 269 g/mol. The molecule has 1 N–H and O–H groups in total. The molecule has 0 aliphatic rings. The van der Waals surface area contributed by atoms with Gasteiger partial charge in [0.1, 0.15) is 5.82 Å². The minimum Gasteiger partial charge on any atom is -0.361 e. The van der Waals surface area contributed by atoms with Gasteiger partial charge < -0.3 is 4.98 Å². The van der Waals surface area contributed by atoms with Crippen LogP contribution in [0.4, 0.5) is 4.39 Å². The predicted molar refractivity (Wildman–Crippen MR) is 78.0 cm³/mol. The normalized spacial score (nSPS) is 13.0. The zero-order valence-electron chi connectivity index (χ0n) is 11.5. The number of hydrogen-bond acceptors (Lipinski definition) is 2. The summed E-state index contributed by atoms with van der Waals surface area (Å²) in [4.78, 5) is 9.49. The Morgan fingerprint density at radius 1 is 1.25 bits per heavy atom. The van der Waals surface area contributed by atoms with Crippen molar-refractivity contribution in [2.75, 3.05) is 14.1 Å². The lowest BCUT2D eigenvalue weighted by atomic mass is 9.98. The Balaban J connectivity index is 2.18. The van der Waals surface area contributed by atoms with Crippen molar-refractivity contribution in [2.24, 2.45) is 0 Å². The number of H-pyrrole nitrogens is 1. The van der Waals surface area contributed by atoms with E-state index in [0.717, 1.165) is 22.0 Å². The Labute approximate surface area is 117 Å². The van der Waals surface area contributed by atoms with Gasteiger partial charge in [-0.3, -0.25) is 9.88 Å². The molecule has 3 aromatic rings. The summed E-state index contributed by atoms with van der Waals surface area (Å²) in [6.07, 6.45) is 5.55. The van der Waals surface area contributed by atoms with E-state index in [9.17, 15) is 4.39 Å². The van der Waals surface area contributed by atoms with E-state index >= 15 is 0 Å². The number of halogens is 1. The lowest BCUT2D eigenvalue weighted by molar-refractivity contribution is 0.343. The summed E-state index contributed by atoms with van der Waals surface area (Å²) in [5.41, 5.74) is 3.08. The largest absolute Gasteiger partial charge is 0.361 e. The van der Waals surface area contributed by atoms with Crippen LogP contribution in [0.3, 0.4) is 0 Å². The molecule has 0 saturated heterocycles. The van der Waals surface area contributed by atoms with E-state index in [1.807, 2.05) is 38.6 Å². The van der Waals surface area contributed by atoms with E-state index in [1.54, 1.807) is 18.3 Å². The summed E-state index contributed by atoms with van der Waals surface area (Å²) in [5.74, 6) is -0.220. The molecule has 0 bridgehead atoms. The fraction of sp³-hybridized carbons (Fsp3) is 0.188. The number of aromatic amines is 1. The lowest BCUT2D eigenvalue weighted by Crippen LogP contribution is -2.21. The van der Waals surface area contributed by atoms with Crippen LogP contribution < -0.4 is 0 Å². The highest BCUT2D eigenvalue weighted by atomic mass is 19.1. The summed E-state index contributed by atoms with van der Waals surface area (Å²) in [6.45, 7) is 0. The third-order valence-corrected chi connectivity index (χ3v) is 3.49. The molecule has 0 aliphatic carbocycles. The zero-order chi connectivity index (χ0) is 14.1. The average molecular weight is 269 g/mol. The molecule has 4 heteroatoms. The average Bonchev–Trinajstić information content (AvgIpc) is 2.83. The molecule has 1 unspecified atom stereocenters. The Hall–Kier alpha value is -2.20. The van der Waals surface area contributed by atoms with E-state index in [0.29, 0.717) is 0 Å². The van der Waals surface area contributed by atoms with Crippen LogP contribution in [0.5, 0.6) is 0 Å². The molecule has 2 heterocycles. The first kappa shape index (κ1) is 12.8. The quantitative estimate of drug-likeness (QED) is 0.790. The molecule has 3 rings (SSSR count). The Bertz CT molecular complexity index is 719. The first-order valence-corrected chi connectivity index (χ1v) is 6.49. The smallest absolute Gasteiger partial charge is 0.123 e. The maximum absolute atomic E-state index is 13.5. The van der Waals surface area contributed by atoms with Gasteiger partial charge in [-0.25, -0.2) is 4.39 Å². The van der Waals surface area contributed by atoms with Gasteiger partial charge in [0.25, 0.3) is 0 Å². The van der Waals surface area contributed by atoms with Gasteiger partial charge >= 0.3 is 0 Å². The molecule has 20 heavy (non-hydrogen) atoms. The van der Waals surface area contributed by atoms with Crippen molar-refractivity contribution in [3.63, 3.8) is 0 Å². The third kappa shape index (κ3) is 2.18. The molecule has 0 amide bonds. The Morgan fingerprint density at radius 3 is 2.80 bits per heavy atom. The maximum atomic E-state index is 13.5. The number of nitrogens with one attached hydrogen (secondary N) is 1. The molecular weight excluding hydrogens is 253 g/mol. The van der Waals surface area contributed by atoms with Crippen LogP contribution in [0.15, 0.2) is 48.9 Å². The SMILES string of the molecule is CN(C)C(c1cccnc1)c1c[nH]c2ccc(F)cc12. The maximum Gasteiger partial charge on any atom is 0.123 e. The number of fused-ring (bicyclic) bond motifs is 1. The summed E-state index contributed by atoms with van der Waals surface area (Å²) in [7, 11) is 4.02. The summed E-state index contributed by atoms with van der Waals surface area (Å²) >= 11 is 0. The molecule has 0 saturated carbocycles. The van der Waals surface area contributed by atoms with E-state index < -0.39 is 0 Å². The van der Waals surface area contributed by atoms with Crippen molar-refractivity contribution in [1.82, 2.24) is 14.9 Å². The number of aromatic nitrogens is 2. The number of hydrogen-bond donors (Lipinski definition) is 1. The van der Waals surface area contributed by atoms with Crippen LogP contribution in [0.2, 0.25) is 0 Å². The number of rotatable bonds is 3. The fourth-order valence-corrected chi connectivity index (χ4v) is 2.63. The van der Waals surface area contributed by atoms with Gasteiger partial charge in [-0.2, -0.15) is 0 Å². The van der Waals surface area contributed by atoms with Crippen molar-refractivity contribution in [3.05, 3.63) is 65.9 Å². The van der Waals surface area contributed by atoms with Gasteiger partial charge in [0.2, 0.25) is 0 Å².